The third kappa shape index (κ3) is 4.76. The molecule has 0 bridgehead atoms. The summed E-state index contributed by atoms with van der Waals surface area (Å²) in [6, 6.07) is 24.2. The van der Waals surface area contributed by atoms with Crippen LogP contribution in [0.3, 0.4) is 0 Å². The van der Waals surface area contributed by atoms with Crippen molar-refractivity contribution in [1.29, 1.82) is 0 Å². The van der Waals surface area contributed by atoms with E-state index in [0.717, 1.165) is 44.5 Å². The van der Waals surface area contributed by atoms with Crippen LogP contribution in [-0.4, -0.2) is 56.0 Å². The lowest BCUT2D eigenvalue weighted by Crippen LogP contribution is -2.55. The summed E-state index contributed by atoms with van der Waals surface area (Å²) in [6.07, 6.45) is 4.30. The fourth-order valence-corrected chi connectivity index (χ4v) is 7.96. The highest BCUT2D eigenvalue weighted by Crippen LogP contribution is 2.50. The molecule has 2 saturated heterocycles. The fraction of sp³-hybridized carbons (Fsp3) is 0.162. The molecule has 6 heterocycles. The van der Waals surface area contributed by atoms with Crippen LogP contribution < -0.4 is 20.9 Å². The molecule has 4 amide bonds. The molecule has 1 spiro atoms. The number of anilines is 2. The van der Waals surface area contributed by atoms with E-state index in [2.05, 4.69) is 30.5 Å². The van der Waals surface area contributed by atoms with Crippen LogP contribution in [0.25, 0.3) is 33.4 Å². The maximum atomic E-state index is 14.5. The zero-order chi connectivity index (χ0) is 34.1. The van der Waals surface area contributed by atoms with Crippen LogP contribution in [0.1, 0.15) is 40.5 Å². The SMILES string of the molecule is O=C1NC(=O)C2(CCN(c3ncccc3NC(=O)c3[nH]c4cc(Cl)cc5c4c3-c3c(-c4ccccc4)ncn3C5c3ccc(Cl)cc3)CC2)N1. The van der Waals surface area contributed by atoms with E-state index in [9.17, 15) is 14.4 Å². The van der Waals surface area contributed by atoms with E-state index in [0.29, 0.717) is 53.2 Å². The van der Waals surface area contributed by atoms with Gasteiger partial charge in [0.1, 0.15) is 11.2 Å². The highest BCUT2D eigenvalue weighted by atomic mass is 35.5. The van der Waals surface area contributed by atoms with Crippen LogP contribution in [-0.2, 0) is 4.79 Å². The number of aromatic amines is 1. The molecule has 0 saturated carbocycles. The summed E-state index contributed by atoms with van der Waals surface area (Å²) in [5.41, 5.74) is 5.77. The van der Waals surface area contributed by atoms with Crippen LogP contribution in [0.5, 0.6) is 0 Å². The molecule has 3 aliphatic heterocycles. The van der Waals surface area contributed by atoms with Gasteiger partial charge in [-0.05, 0) is 60.4 Å². The summed E-state index contributed by atoms with van der Waals surface area (Å²) in [5.74, 6) is -0.0942. The number of carbonyl (C=O) groups is 3. The number of pyridine rings is 1. The predicted octanol–water partition coefficient (Wildman–Crippen LogP) is 6.78. The minimum absolute atomic E-state index is 0.285. The van der Waals surface area contributed by atoms with Crippen molar-refractivity contribution in [2.24, 2.45) is 0 Å². The second-order valence-electron chi connectivity index (χ2n) is 12.8. The van der Waals surface area contributed by atoms with Crippen molar-refractivity contribution in [3.8, 4) is 22.5 Å². The first-order valence-electron chi connectivity index (χ1n) is 16.2. The third-order valence-corrected chi connectivity index (χ3v) is 10.4. The monoisotopic (exact) mass is 702 g/mol. The zero-order valence-corrected chi connectivity index (χ0v) is 27.8. The molecule has 3 aromatic carbocycles. The number of rotatable bonds is 5. The molecule has 1 unspecified atom stereocenters. The second kappa shape index (κ2) is 11.5. The van der Waals surface area contributed by atoms with Gasteiger partial charge in [0, 0.05) is 51.4 Å². The number of H-pyrrole nitrogens is 1. The smallest absolute Gasteiger partial charge is 0.322 e. The van der Waals surface area contributed by atoms with Crippen molar-refractivity contribution in [1.82, 2.24) is 30.2 Å². The first-order valence-corrected chi connectivity index (χ1v) is 16.9. The Morgan fingerprint density at radius 1 is 0.920 bits per heavy atom. The topological polar surface area (TPSA) is 137 Å². The number of hydrogen-bond acceptors (Lipinski definition) is 6. The normalized spacial score (nSPS) is 17.5. The summed E-state index contributed by atoms with van der Waals surface area (Å²) in [7, 11) is 0. The van der Waals surface area contributed by atoms with Crippen molar-refractivity contribution in [3.63, 3.8) is 0 Å². The van der Waals surface area contributed by atoms with Gasteiger partial charge in [0.2, 0.25) is 0 Å². The number of halogens is 2. The van der Waals surface area contributed by atoms with Gasteiger partial charge in [-0.3, -0.25) is 14.9 Å². The molecular weight excluding hydrogens is 675 g/mol. The van der Waals surface area contributed by atoms with Gasteiger partial charge in [-0.25, -0.2) is 14.8 Å². The summed E-state index contributed by atoms with van der Waals surface area (Å²) < 4.78 is 2.10. The molecular formula is C37H28Cl2N8O3. The molecule has 13 heteroatoms. The van der Waals surface area contributed by atoms with Crippen molar-refractivity contribution in [2.75, 3.05) is 23.3 Å². The van der Waals surface area contributed by atoms with Crippen LogP contribution in [0.15, 0.2) is 91.4 Å². The number of piperidine rings is 1. The maximum absolute atomic E-state index is 14.5. The number of imide groups is 1. The minimum Gasteiger partial charge on any atom is -0.355 e. The first-order chi connectivity index (χ1) is 24.3. The van der Waals surface area contributed by atoms with Gasteiger partial charge in [0.15, 0.2) is 5.82 Å². The number of nitrogens with one attached hydrogen (secondary N) is 4. The Morgan fingerprint density at radius 2 is 1.70 bits per heavy atom. The molecule has 11 nitrogen and oxygen atoms in total. The highest BCUT2D eigenvalue weighted by Gasteiger charge is 2.48. The van der Waals surface area contributed by atoms with E-state index < -0.39 is 11.6 Å². The Labute approximate surface area is 295 Å². The molecule has 9 rings (SSSR count). The first kappa shape index (κ1) is 30.4. The molecule has 0 radical (unpaired) electrons. The molecule has 4 N–H and O–H groups in total. The number of imidazole rings is 1. The van der Waals surface area contributed by atoms with E-state index in [-0.39, 0.29) is 17.9 Å². The van der Waals surface area contributed by atoms with Crippen molar-refractivity contribution < 1.29 is 14.4 Å². The van der Waals surface area contributed by atoms with E-state index in [4.69, 9.17) is 28.2 Å². The van der Waals surface area contributed by atoms with Crippen molar-refractivity contribution in [3.05, 3.63) is 118 Å². The van der Waals surface area contributed by atoms with E-state index in [1.54, 1.807) is 18.3 Å². The Balaban J connectivity index is 1.15. The number of hydrogen-bond donors (Lipinski definition) is 4. The summed E-state index contributed by atoms with van der Waals surface area (Å²) in [4.78, 5) is 53.9. The molecule has 50 heavy (non-hydrogen) atoms. The highest BCUT2D eigenvalue weighted by molar-refractivity contribution is 6.32. The summed E-state index contributed by atoms with van der Waals surface area (Å²) in [5, 5.41) is 10.3. The number of amides is 4. The van der Waals surface area contributed by atoms with Gasteiger partial charge in [0.25, 0.3) is 11.8 Å². The molecule has 1 atom stereocenters. The quantitative estimate of drug-likeness (QED) is 0.146. The van der Waals surface area contributed by atoms with E-state index >= 15 is 0 Å². The molecule has 3 aliphatic rings. The maximum Gasteiger partial charge on any atom is 0.322 e. The summed E-state index contributed by atoms with van der Waals surface area (Å²) in [6.45, 7) is 0.914. The Kier molecular flexibility index (Phi) is 6.97. The van der Waals surface area contributed by atoms with Crippen molar-refractivity contribution >= 4 is 63.5 Å². The van der Waals surface area contributed by atoms with Crippen LogP contribution in [0, 0.1) is 0 Å². The zero-order valence-electron chi connectivity index (χ0n) is 26.3. The second-order valence-corrected chi connectivity index (χ2v) is 13.6. The Morgan fingerprint density at radius 3 is 2.44 bits per heavy atom. The van der Waals surface area contributed by atoms with Gasteiger partial charge in [-0.15, -0.1) is 0 Å². The Bertz CT molecular complexity index is 2360. The van der Waals surface area contributed by atoms with Crippen molar-refractivity contribution in [2.45, 2.75) is 24.4 Å². The molecule has 0 aliphatic carbocycles. The Hall–Kier alpha value is -5.65. The van der Waals surface area contributed by atoms with E-state index in [1.165, 1.54) is 0 Å². The van der Waals surface area contributed by atoms with Crippen LogP contribution >= 0.6 is 23.2 Å². The number of fused-ring (bicyclic) bond motifs is 2. The van der Waals surface area contributed by atoms with Crippen LogP contribution in [0.2, 0.25) is 10.0 Å². The number of urea groups is 1. The molecule has 3 aromatic heterocycles. The van der Waals surface area contributed by atoms with Gasteiger partial charge in [-0.2, -0.15) is 0 Å². The number of benzene rings is 3. The molecule has 6 aromatic rings. The molecule has 2 fully saturated rings. The standard InChI is InChI=1S/C37H28Cl2N8O3/c38-22-10-8-21(9-11-22)31-24-17-23(39)18-26-27(24)28(32-29(41-19-47(31)32)20-5-2-1-3-6-20)30(42-26)34(48)43-25-7-4-14-40-33(25)46-15-12-37(13-16-46)35(49)44-36(50)45-37/h1-11,14,17-19,31,42H,12-13,15-16H2,(H,43,48)(H2,44,45,49,50). The lowest BCUT2D eigenvalue weighted by atomic mass is 9.87. The molecule has 248 valence electrons. The van der Waals surface area contributed by atoms with Gasteiger partial charge in [0.05, 0.1) is 29.4 Å². The average Bonchev–Trinajstić information content (AvgIpc) is 3.80. The van der Waals surface area contributed by atoms with Crippen LogP contribution in [0.4, 0.5) is 16.3 Å². The van der Waals surface area contributed by atoms with E-state index in [1.807, 2.05) is 78.0 Å². The van der Waals surface area contributed by atoms with Gasteiger partial charge >= 0.3 is 6.03 Å². The fourth-order valence-electron chi connectivity index (χ4n) is 7.61. The largest absolute Gasteiger partial charge is 0.355 e. The van der Waals surface area contributed by atoms with Gasteiger partial charge < -0.3 is 25.1 Å². The predicted molar refractivity (Wildman–Crippen MR) is 192 cm³/mol. The lowest BCUT2D eigenvalue weighted by molar-refractivity contribution is -0.124. The van der Waals surface area contributed by atoms with Gasteiger partial charge in [-0.1, -0.05) is 65.7 Å². The number of carbonyl (C=O) groups excluding carboxylic acids is 3. The number of nitrogens with zero attached hydrogens (tertiary/aromatic N) is 4. The number of aromatic nitrogens is 4. The average molecular weight is 704 g/mol. The minimum atomic E-state index is -0.930. The summed E-state index contributed by atoms with van der Waals surface area (Å²) >= 11 is 13.0. The lowest BCUT2D eigenvalue weighted by Gasteiger charge is -2.38. The third-order valence-electron chi connectivity index (χ3n) is 9.92.